The first-order valence-corrected chi connectivity index (χ1v) is 9.16. The van der Waals surface area contributed by atoms with Gasteiger partial charge >= 0.3 is 0 Å². The van der Waals surface area contributed by atoms with Gasteiger partial charge in [-0.25, -0.2) is 0 Å². The van der Waals surface area contributed by atoms with Crippen molar-refractivity contribution in [2.45, 2.75) is 72.3 Å². The van der Waals surface area contributed by atoms with E-state index in [1.807, 2.05) is 0 Å². The van der Waals surface area contributed by atoms with Gasteiger partial charge in [0.25, 0.3) is 0 Å². The zero-order chi connectivity index (χ0) is 15.0. The van der Waals surface area contributed by atoms with Gasteiger partial charge in [0, 0.05) is 0 Å². The van der Waals surface area contributed by atoms with Gasteiger partial charge < -0.3 is 5.11 Å². The van der Waals surface area contributed by atoms with E-state index in [1.165, 1.54) is 32.1 Å². The molecule has 0 aromatic carbocycles. The summed E-state index contributed by atoms with van der Waals surface area (Å²) in [4.78, 5) is 0. The van der Waals surface area contributed by atoms with Gasteiger partial charge in [-0.05, 0) is 78.4 Å². The van der Waals surface area contributed by atoms with Crippen molar-refractivity contribution in [3.05, 3.63) is 12.2 Å². The highest BCUT2D eigenvalue weighted by Gasteiger charge is 2.61. The summed E-state index contributed by atoms with van der Waals surface area (Å²) < 4.78 is 0. The highest BCUT2D eigenvalue weighted by atomic mass is 16.3. The summed E-state index contributed by atoms with van der Waals surface area (Å²) in [6, 6.07) is 0. The van der Waals surface area contributed by atoms with E-state index in [1.54, 1.807) is 0 Å². The molecule has 118 valence electrons. The van der Waals surface area contributed by atoms with Crippen LogP contribution in [-0.2, 0) is 0 Å². The van der Waals surface area contributed by atoms with Gasteiger partial charge in [0.15, 0.2) is 0 Å². The van der Waals surface area contributed by atoms with E-state index in [-0.39, 0.29) is 11.5 Å². The molecule has 4 rings (SSSR count). The summed E-state index contributed by atoms with van der Waals surface area (Å²) in [5.74, 6) is 3.37. The van der Waals surface area contributed by atoms with Crippen molar-refractivity contribution in [2.75, 3.05) is 0 Å². The summed E-state index contributed by atoms with van der Waals surface area (Å²) in [6.07, 6.45) is 12.7. The third kappa shape index (κ3) is 1.68. The molecule has 0 heterocycles. The van der Waals surface area contributed by atoms with Crippen LogP contribution >= 0.6 is 0 Å². The van der Waals surface area contributed by atoms with Crippen LogP contribution in [0.15, 0.2) is 12.2 Å². The fourth-order valence-corrected chi connectivity index (χ4v) is 7.13. The van der Waals surface area contributed by atoms with Gasteiger partial charge in [-0.1, -0.05) is 39.8 Å². The van der Waals surface area contributed by atoms with Crippen LogP contribution in [0.4, 0.5) is 0 Å². The van der Waals surface area contributed by atoms with Crippen molar-refractivity contribution < 1.29 is 5.11 Å². The summed E-state index contributed by atoms with van der Waals surface area (Å²) >= 11 is 0. The van der Waals surface area contributed by atoms with Crippen LogP contribution < -0.4 is 0 Å². The second-order valence-corrected chi connectivity index (χ2v) is 9.71. The van der Waals surface area contributed by atoms with E-state index in [4.69, 9.17) is 0 Å². The van der Waals surface area contributed by atoms with Crippen molar-refractivity contribution in [1.29, 1.82) is 0 Å². The smallest absolute Gasteiger partial charge is 0.0594 e. The molecule has 7 atom stereocenters. The van der Waals surface area contributed by atoms with Crippen LogP contribution in [0.1, 0.15) is 66.2 Å². The van der Waals surface area contributed by atoms with E-state index in [2.05, 4.69) is 39.8 Å². The zero-order valence-electron chi connectivity index (χ0n) is 14.2. The summed E-state index contributed by atoms with van der Waals surface area (Å²) in [7, 11) is 0. The maximum Gasteiger partial charge on any atom is 0.0594 e. The number of aliphatic hydroxyl groups is 1. The minimum atomic E-state index is -0.0930. The molecule has 21 heavy (non-hydrogen) atoms. The molecule has 0 saturated heterocycles. The molecule has 4 aliphatic rings. The van der Waals surface area contributed by atoms with Crippen LogP contribution in [0.5, 0.6) is 0 Å². The molecule has 0 radical (unpaired) electrons. The van der Waals surface area contributed by atoms with E-state index < -0.39 is 0 Å². The van der Waals surface area contributed by atoms with Crippen LogP contribution in [0.25, 0.3) is 0 Å². The van der Waals surface area contributed by atoms with Gasteiger partial charge in [0.05, 0.1) is 6.10 Å². The molecule has 0 aromatic rings. The standard InChI is InChI=1S/C20H32O/c1-18(2)16-6-5-13-14-7-10-19(14,3)11-8-15(13)20(16,4)12-9-17(18)21/h7,10,13-17,21H,5-6,8-9,11-12H2,1-4H3/t13-,14-,15+,16-,17+,19+,20+/m1/s1. The first-order chi connectivity index (χ1) is 9.79. The zero-order valence-corrected chi connectivity index (χ0v) is 14.2. The Kier molecular flexibility index (Phi) is 2.83. The Hall–Kier alpha value is -0.300. The highest BCUT2D eigenvalue weighted by molar-refractivity contribution is 5.23. The molecule has 3 fully saturated rings. The highest BCUT2D eigenvalue weighted by Crippen LogP contribution is 2.68. The number of hydrogen-bond donors (Lipinski definition) is 1. The molecule has 3 saturated carbocycles. The fraction of sp³-hybridized carbons (Fsp3) is 0.900. The Labute approximate surface area is 130 Å². The summed E-state index contributed by atoms with van der Waals surface area (Å²) in [6.45, 7) is 9.72. The number of allylic oxidation sites excluding steroid dienone is 2. The molecule has 0 bridgehead atoms. The van der Waals surface area contributed by atoms with Gasteiger partial charge in [-0.15, -0.1) is 0 Å². The Morgan fingerprint density at radius 3 is 2.38 bits per heavy atom. The number of fused-ring (bicyclic) bond motifs is 5. The number of hydrogen-bond acceptors (Lipinski definition) is 1. The predicted molar refractivity (Wildman–Crippen MR) is 86.8 cm³/mol. The van der Waals surface area contributed by atoms with Crippen molar-refractivity contribution in [3.8, 4) is 0 Å². The van der Waals surface area contributed by atoms with Gasteiger partial charge in [-0.2, -0.15) is 0 Å². The lowest BCUT2D eigenvalue weighted by molar-refractivity contribution is -0.173. The monoisotopic (exact) mass is 288 g/mol. The Balaban J connectivity index is 1.68. The average molecular weight is 288 g/mol. The molecule has 0 unspecified atom stereocenters. The SMILES string of the molecule is CC1(C)[C@H]2CC[C@@H]3[C@H]4C=C[C@@]4(C)CC[C@@H]3[C@]2(C)CC[C@@H]1O. The molecule has 0 aliphatic heterocycles. The van der Waals surface area contributed by atoms with Gasteiger partial charge in [0.1, 0.15) is 0 Å². The minimum Gasteiger partial charge on any atom is -0.393 e. The lowest BCUT2D eigenvalue weighted by atomic mass is 9.40. The number of rotatable bonds is 0. The number of aliphatic hydroxyl groups excluding tert-OH is 1. The molecule has 1 N–H and O–H groups in total. The molecule has 0 aromatic heterocycles. The lowest BCUT2D eigenvalue weighted by Crippen LogP contribution is -2.59. The van der Waals surface area contributed by atoms with Crippen molar-refractivity contribution in [3.63, 3.8) is 0 Å². The second-order valence-electron chi connectivity index (χ2n) is 9.71. The minimum absolute atomic E-state index is 0.0930. The quantitative estimate of drug-likeness (QED) is 0.635. The van der Waals surface area contributed by atoms with E-state index >= 15 is 0 Å². The Morgan fingerprint density at radius 1 is 0.952 bits per heavy atom. The molecule has 1 nitrogen and oxygen atoms in total. The predicted octanol–water partition coefficient (Wildman–Crippen LogP) is 4.80. The Morgan fingerprint density at radius 2 is 1.71 bits per heavy atom. The van der Waals surface area contributed by atoms with Crippen LogP contribution in [0.3, 0.4) is 0 Å². The van der Waals surface area contributed by atoms with E-state index in [0.717, 1.165) is 24.2 Å². The first kappa shape index (κ1) is 14.3. The fourth-order valence-electron chi connectivity index (χ4n) is 7.13. The summed E-state index contributed by atoms with van der Waals surface area (Å²) in [5.41, 5.74) is 1.10. The van der Waals surface area contributed by atoms with Crippen LogP contribution in [0.2, 0.25) is 0 Å². The normalized spacial score (nSPS) is 57.7. The third-order valence-corrected chi connectivity index (χ3v) is 8.56. The maximum atomic E-state index is 10.5. The maximum absolute atomic E-state index is 10.5. The van der Waals surface area contributed by atoms with Gasteiger partial charge in [0.2, 0.25) is 0 Å². The molecule has 1 heteroatoms. The van der Waals surface area contributed by atoms with E-state index in [9.17, 15) is 5.11 Å². The van der Waals surface area contributed by atoms with Crippen molar-refractivity contribution in [1.82, 2.24) is 0 Å². The van der Waals surface area contributed by atoms with E-state index in [0.29, 0.717) is 16.7 Å². The molecular formula is C20H32O. The second kappa shape index (κ2) is 4.16. The average Bonchev–Trinajstić information content (AvgIpc) is 2.40. The summed E-state index contributed by atoms with van der Waals surface area (Å²) in [5, 5.41) is 10.5. The molecule has 0 spiro atoms. The third-order valence-electron chi connectivity index (χ3n) is 8.56. The van der Waals surface area contributed by atoms with Crippen LogP contribution in [-0.4, -0.2) is 11.2 Å². The Bertz CT molecular complexity index is 478. The lowest BCUT2D eigenvalue weighted by Gasteiger charge is -2.65. The van der Waals surface area contributed by atoms with Gasteiger partial charge in [-0.3, -0.25) is 0 Å². The molecule has 4 aliphatic carbocycles. The molecular weight excluding hydrogens is 256 g/mol. The molecule has 0 amide bonds. The van der Waals surface area contributed by atoms with Crippen molar-refractivity contribution in [2.24, 2.45) is 39.9 Å². The van der Waals surface area contributed by atoms with Crippen LogP contribution in [0, 0.1) is 39.9 Å². The first-order valence-electron chi connectivity index (χ1n) is 9.16. The topological polar surface area (TPSA) is 20.2 Å². The largest absolute Gasteiger partial charge is 0.393 e. The van der Waals surface area contributed by atoms with Crippen molar-refractivity contribution >= 4 is 0 Å².